The summed E-state index contributed by atoms with van der Waals surface area (Å²) in [4.78, 5) is 79.8. The average molecular weight is 555 g/mol. The number of phenolic OH excluding ortho intramolecular Hbond substituents is 1. The zero-order valence-corrected chi connectivity index (χ0v) is 22.8. The third kappa shape index (κ3) is 4.65. The summed E-state index contributed by atoms with van der Waals surface area (Å²) in [5, 5.41) is 28.0. The van der Waals surface area contributed by atoms with Crippen LogP contribution in [0.1, 0.15) is 36.2 Å². The highest BCUT2D eigenvalue weighted by atomic mass is 16.3. The second kappa shape index (κ2) is 10.7. The number of nitrogens with one attached hydrogen (secondary N) is 2. The average Bonchev–Trinajstić information content (AvgIpc) is 2.85. The maximum Gasteiger partial charge on any atom is 0.238 e. The van der Waals surface area contributed by atoms with Crippen molar-refractivity contribution < 1.29 is 39.0 Å². The van der Waals surface area contributed by atoms with Gasteiger partial charge >= 0.3 is 0 Å². The molecule has 1 aromatic rings. The molecule has 3 aliphatic rings. The van der Waals surface area contributed by atoms with Crippen LogP contribution in [0.15, 0.2) is 23.8 Å². The Balaban J connectivity index is 1.67. The van der Waals surface area contributed by atoms with Crippen molar-refractivity contribution >= 4 is 40.6 Å². The number of nitrogens with zero attached hydrogens (tertiary/aromatic N) is 1. The molecule has 40 heavy (non-hydrogen) atoms. The van der Waals surface area contributed by atoms with Crippen molar-refractivity contribution in [3.63, 3.8) is 0 Å². The van der Waals surface area contributed by atoms with Gasteiger partial charge in [0.25, 0.3) is 0 Å². The standard InChI is InChI=1S/C28H34N4O8/c1-12(2)7-8-30-11-17(33)31-16-6-5-13-9-14-10-15-21(32(3)4)24(36)20(27(29)39)26(38)28(15,40)25(37)19(14)23(35)18(13)22(16)34/h5-7,14-15,19-21,30,34,40H,8-11H2,1-4H3,(H2,29,39)(H,31,33)/t14?,15?,19?,20?,21-,28-/m0/s1. The highest BCUT2D eigenvalue weighted by molar-refractivity contribution is 6.32. The van der Waals surface area contributed by atoms with Crippen molar-refractivity contribution in [3.05, 3.63) is 34.9 Å². The van der Waals surface area contributed by atoms with E-state index in [1.54, 1.807) is 6.07 Å². The Morgan fingerprint density at radius 3 is 2.42 bits per heavy atom. The largest absolute Gasteiger partial charge is 0.505 e. The summed E-state index contributed by atoms with van der Waals surface area (Å²) >= 11 is 0. The van der Waals surface area contributed by atoms with Crippen LogP contribution in [0.3, 0.4) is 0 Å². The third-order valence-corrected chi connectivity index (χ3v) is 8.15. The van der Waals surface area contributed by atoms with E-state index in [0.717, 1.165) is 5.57 Å². The fourth-order valence-electron chi connectivity index (χ4n) is 6.34. The quantitative estimate of drug-likeness (QED) is 0.125. The van der Waals surface area contributed by atoms with E-state index < -0.39 is 76.0 Å². The summed E-state index contributed by atoms with van der Waals surface area (Å²) in [7, 11) is 3.05. The number of benzene rings is 1. The minimum absolute atomic E-state index is 0.0273. The number of ketones is 4. The predicted octanol–water partition coefficient (Wildman–Crippen LogP) is -0.639. The number of likely N-dealkylation sites (N-methyl/N-ethyl adjacent to an activating group) is 1. The number of primary amides is 1. The van der Waals surface area contributed by atoms with E-state index in [1.807, 2.05) is 19.9 Å². The molecule has 0 aromatic heterocycles. The van der Waals surface area contributed by atoms with Crippen molar-refractivity contribution in [1.29, 1.82) is 0 Å². The highest BCUT2D eigenvalue weighted by Gasteiger charge is 2.69. The van der Waals surface area contributed by atoms with Crippen LogP contribution >= 0.6 is 0 Å². The fraction of sp³-hybridized carbons (Fsp3) is 0.500. The van der Waals surface area contributed by atoms with Gasteiger partial charge in [0.15, 0.2) is 34.7 Å². The molecule has 214 valence electrons. The Labute approximate surface area is 231 Å². The number of amides is 2. The molecule has 0 heterocycles. The summed E-state index contributed by atoms with van der Waals surface area (Å²) in [6.45, 7) is 4.26. The lowest BCUT2D eigenvalue weighted by atomic mass is 9.52. The minimum atomic E-state index is -2.78. The molecule has 4 rings (SSSR count). The molecular formula is C28H34N4O8. The van der Waals surface area contributed by atoms with Gasteiger partial charge in [-0.05, 0) is 58.3 Å². The number of hydrogen-bond acceptors (Lipinski definition) is 10. The molecule has 1 aromatic carbocycles. The van der Waals surface area contributed by atoms with Gasteiger partial charge in [0, 0.05) is 12.5 Å². The third-order valence-electron chi connectivity index (χ3n) is 8.15. The molecule has 2 amide bonds. The van der Waals surface area contributed by atoms with E-state index in [-0.39, 0.29) is 30.6 Å². The SMILES string of the molecule is CC(C)=CCNCC(=O)Nc1ccc2c(c1O)C(=O)C1C(=O)[C@]3(O)C(=O)C(C(N)=O)C(=O)[C@@H](N(C)C)C3CC1C2. The molecule has 0 aliphatic heterocycles. The number of anilines is 1. The van der Waals surface area contributed by atoms with Gasteiger partial charge in [-0.25, -0.2) is 0 Å². The van der Waals surface area contributed by atoms with Gasteiger partial charge in [-0.2, -0.15) is 0 Å². The van der Waals surface area contributed by atoms with Crippen LogP contribution in [0, 0.1) is 23.7 Å². The molecule has 6 atom stereocenters. The molecule has 0 radical (unpaired) electrons. The summed E-state index contributed by atoms with van der Waals surface area (Å²) in [5.74, 6) is -11.7. The maximum absolute atomic E-state index is 13.8. The molecule has 12 heteroatoms. The molecule has 3 aliphatic carbocycles. The van der Waals surface area contributed by atoms with Gasteiger partial charge in [0.05, 0.1) is 29.8 Å². The van der Waals surface area contributed by atoms with E-state index >= 15 is 0 Å². The van der Waals surface area contributed by atoms with E-state index in [0.29, 0.717) is 12.1 Å². The number of carbonyl (C=O) groups excluding carboxylic acids is 6. The first-order chi connectivity index (χ1) is 18.7. The molecular weight excluding hydrogens is 520 g/mol. The number of aromatic hydroxyl groups is 1. The lowest BCUT2D eigenvalue weighted by molar-refractivity contribution is -0.181. The smallest absolute Gasteiger partial charge is 0.238 e. The van der Waals surface area contributed by atoms with Crippen LogP contribution in [0.25, 0.3) is 0 Å². The summed E-state index contributed by atoms with van der Waals surface area (Å²) in [5.41, 5.74) is 3.85. The zero-order chi connectivity index (χ0) is 29.7. The van der Waals surface area contributed by atoms with Crippen LogP contribution in [0.2, 0.25) is 0 Å². The van der Waals surface area contributed by atoms with Crippen LogP contribution in [-0.4, -0.2) is 88.9 Å². The van der Waals surface area contributed by atoms with E-state index in [9.17, 15) is 39.0 Å². The van der Waals surface area contributed by atoms with Gasteiger partial charge < -0.3 is 26.6 Å². The molecule has 2 saturated carbocycles. The Hall–Kier alpha value is -3.74. The Morgan fingerprint density at radius 1 is 1.15 bits per heavy atom. The lowest BCUT2D eigenvalue weighted by Gasteiger charge is -2.52. The van der Waals surface area contributed by atoms with Crippen molar-refractivity contribution in [1.82, 2.24) is 10.2 Å². The van der Waals surface area contributed by atoms with Crippen molar-refractivity contribution in [3.8, 4) is 5.75 Å². The predicted molar refractivity (Wildman–Crippen MR) is 142 cm³/mol. The van der Waals surface area contributed by atoms with Crippen LogP contribution < -0.4 is 16.4 Å². The van der Waals surface area contributed by atoms with E-state index in [2.05, 4.69) is 10.6 Å². The molecule has 0 saturated heterocycles. The summed E-state index contributed by atoms with van der Waals surface area (Å²) in [6.07, 6.45) is 2.02. The van der Waals surface area contributed by atoms with Crippen molar-refractivity contribution in [2.75, 3.05) is 32.5 Å². The fourth-order valence-corrected chi connectivity index (χ4v) is 6.34. The van der Waals surface area contributed by atoms with Gasteiger partial charge in [0.2, 0.25) is 11.8 Å². The number of nitrogens with two attached hydrogens (primary N) is 1. The lowest BCUT2D eigenvalue weighted by Crippen LogP contribution is -2.74. The topological polar surface area (TPSA) is 196 Å². The van der Waals surface area contributed by atoms with Gasteiger partial charge in [-0.1, -0.05) is 17.7 Å². The molecule has 6 N–H and O–H groups in total. The first kappa shape index (κ1) is 29.2. The second-order valence-electron chi connectivity index (χ2n) is 11.2. The molecule has 0 bridgehead atoms. The van der Waals surface area contributed by atoms with Gasteiger partial charge in [-0.3, -0.25) is 33.7 Å². The van der Waals surface area contributed by atoms with E-state index in [1.165, 1.54) is 25.1 Å². The molecule has 12 nitrogen and oxygen atoms in total. The number of rotatable bonds is 7. The second-order valence-corrected chi connectivity index (χ2v) is 11.2. The molecule has 0 spiro atoms. The summed E-state index contributed by atoms with van der Waals surface area (Å²) in [6, 6.07) is 1.88. The number of phenols is 1. The van der Waals surface area contributed by atoms with Gasteiger partial charge in [0.1, 0.15) is 5.75 Å². The van der Waals surface area contributed by atoms with Crippen LogP contribution in [0.4, 0.5) is 5.69 Å². The number of carbonyl (C=O) groups is 6. The number of hydrogen-bond donors (Lipinski definition) is 5. The number of allylic oxidation sites excluding steroid dienone is 1. The number of fused-ring (bicyclic) bond motifs is 3. The van der Waals surface area contributed by atoms with Crippen LogP contribution in [0.5, 0.6) is 5.75 Å². The normalized spacial score (nSPS) is 29.4. The van der Waals surface area contributed by atoms with Gasteiger partial charge in [-0.15, -0.1) is 0 Å². The molecule has 4 unspecified atom stereocenters. The zero-order valence-electron chi connectivity index (χ0n) is 22.8. The van der Waals surface area contributed by atoms with Crippen molar-refractivity contribution in [2.45, 2.75) is 38.3 Å². The minimum Gasteiger partial charge on any atom is -0.505 e. The number of aliphatic hydroxyl groups is 1. The summed E-state index contributed by atoms with van der Waals surface area (Å²) < 4.78 is 0. The Bertz CT molecular complexity index is 1350. The van der Waals surface area contributed by atoms with Crippen LogP contribution in [-0.2, 0) is 30.4 Å². The first-order valence-electron chi connectivity index (χ1n) is 13.0. The van der Waals surface area contributed by atoms with Crippen molar-refractivity contribution in [2.24, 2.45) is 29.4 Å². The molecule has 2 fully saturated rings. The first-order valence-corrected chi connectivity index (χ1v) is 13.0. The monoisotopic (exact) mass is 554 g/mol. The Kier molecular flexibility index (Phi) is 7.81. The Morgan fingerprint density at radius 2 is 1.82 bits per heavy atom. The maximum atomic E-state index is 13.8. The van der Waals surface area contributed by atoms with E-state index in [4.69, 9.17) is 5.73 Å². The highest BCUT2D eigenvalue weighted by Crippen LogP contribution is 2.51. The number of Topliss-reactive ketones (excluding diaryl/α,β-unsaturated/α-hetero) is 4.